The molecule has 0 saturated carbocycles. The zero-order valence-electron chi connectivity index (χ0n) is 11.2. The first-order chi connectivity index (χ1) is 8.27. The van der Waals surface area contributed by atoms with Gasteiger partial charge in [0.15, 0.2) is 0 Å². The van der Waals surface area contributed by atoms with E-state index >= 15 is 0 Å². The molecule has 0 radical (unpaired) electrons. The molecule has 1 aliphatic rings. The maximum atomic E-state index is 4.74. The molecular weight excluding hydrogens is 225 g/mol. The molecule has 0 aromatic rings. The molecule has 2 heteroatoms. The van der Waals surface area contributed by atoms with Crippen molar-refractivity contribution in [1.82, 2.24) is 0 Å². The molecule has 0 aromatic carbocycles. The lowest BCUT2D eigenvalue weighted by molar-refractivity contribution is 0.737. The van der Waals surface area contributed by atoms with Crippen molar-refractivity contribution in [2.45, 2.75) is 58.4 Å². The van der Waals surface area contributed by atoms with E-state index in [4.69, 9.17) is 4.99 Å². The first-order valence-electron chi connectivity index (χ1n) is 6.71. The second kappa shape index (κ2) is 8.48. The Morgan fingerprint density at radius 2 is 2.18 bits per heavy atom. The maximum Gasteiger partial charge on any atom is 0.0711 e. The van der Waals surface area contributed by atoms with Gasteiger partial charge in [-0.25, -0.2) is 0 Å². The van der Waals surface area contributed by atoms with Crippen LogP contribution in [0.2, 0.25) is 0 Å². The molecule has 1 aliphatic heterocycles. The van der Waals surface area contributed by atoms with Gasteiger partial charge in [-0.15, -0.1) is 5.92 Å². The molecule has 2 unspecified atom stereocenters. The van der Waals surface area contributed by atoms with E-state index in [1.54, 1.807) is 0 Å². The Labute approximate surface area is 108 Å². The summed E-state index contributed by atoms with van der Waals surface area (Å²) in [6, 6.07) is 0.369. The van der Waals surface area contributed by atoms with Crippen LogP contribution >= 0.6 is 8.58 Å². The van der Waals surface area contributed by atoms with Crippen LogP contribution in [-0.4, -0.2) is 17.7 Å². The zero-order chi connectivity index (χ0) is 12.5. The van der Waals surface area contributed by atoms with Gasteiger partial charge in [-0.2, -0.15) is 0 Å². The average Bonchev–Trinajstić information content (AvgIpc) is 2.35. The number of nitrogens with zero attached hydrogens (tertiary/aromatic N) is 1. The third-order valence-corrected chi connectivity index (χ3v) is 4.32. The van der Waals surface area contributed by atoms with Crippen molar-refractivity contribution < 1.29 is 0 Å². The molecule has 1 nitrogen and oxygen atoms in total. The summed E-state index contributed by atoms with van der Waals surface area (Å²) >= 11 is 0. The summed E-state index contributed by atoms with van der Waals surface area (Å²) in [6.45, 7) is 8.50. The van der Waals surface area contributed by atoms with Crippen molar-refractivity contribution in [1.29, 1.82) is 0 Å². The Morgan fingerprint density at radius 3 is 2.88 bits per heavy atom. The summed E-state index contributed by atoms with van der Waals surface area (Å²) in [5.74, 6) is 6.53. The monoisotopic (exact) mass is 249 g/mol. The highest BCUT2D eigenvalue weighted by Gasteiger charge is 2.15. The first kappa shape index (κ1) is 14.5. The van der Waals surface area contributed by atoms with Crippen LogP contribution in [0.1, 0.15) is 52.4 Å². The Morgan fingerprint density at radius 1 is 1.35 bits per heavy atom. The lowest BCUT2D eigenvalue weighted by Crippen LogP contribution is -2.15. The van der Waals surface area contributed by atoms with Crippen molar-refractivity contribution >= 4 is 14.0 Å². The fraction of sp³-hybridized carbons (Fsp3) is 0.667. The molecule has 0 aromatic heterocycles. The summed E-state index contributed by atoms with van der Waals surface area (Å²) in [7, 11) is 0.822. The van der Waals surface area contributed by atoms with Crippen LogP contribution in [0.25, 0.3) is 0 Å². The predicted molar refractivity (Wildman–Crippen MR) is 80.4 cm³/mol. The summed E-state index contributed by atoms with van der Waals surface area (Å²) in [5, 5.41) is 0. The van der Waals surface area contributed by atoms with Gasteiger partial charge in [0, 0.05) is 11.9 Å². The van der Waals surface area contributed by atoms with Crippen molar-refractivity contribution in [3.8, 4) is 11.8 Å². The van der Waals surface area contributed by atoms with Gasteiger partial charge in [-0.05, 0) is 24.6 Å². The van der Waals surface area contributed by atoms with E-state index in [1.807, 2.05) is 0 Å². The van der Waals surface area contributed by atoms with Crippen LogP contribution in [0.3, 0.4) is 0 Å². The minimum Gasteiger partial charge on any atom is -0.281 e. The maximum absolute atomic E-state index is 4.74. The van der Waals surface area contributed by atoms with E-state index < -0.39 is 0 Å². The van der Waals surface area contributed by atoms with Gasteiger partial charge >= 0.3 is 0 Å². The topological polar surface area (TPSA) is 12.4 Å². The summed E-state index contributed by atoms with van der Waals surface area (Å²) in [4.78, 5) is 4.74. The normalized spacial score (nSPS) is 20.9. The van der Waals surface area contributed by atoms with Gasteiger partial charge in [0.1, 0.15) is 0 Å². The van der Waals surface area contributed by atoms with E-state index in [0.29, 0.717) is 6.04 Å². The summed E-state index contributed by atoms with van der Waals surface area (Å²) in [6.07, 6.45) is 7.96. The van der Waals surface area contributed by atoms with Crippen LogP contribution in [0.15, 0.2) is 17.1 Å². The van der Waals surface area contributed by atoms with Crippen LogP contribution in [-0.2, 0) is 0 Å². The van der Waals surface area contributed by atoms with Crippen molar-refractivity contribution in [2.75, 3.05) is 6.16 Å². The average molecular weight is 249 g/mol. The van der Waals surface area contributed by atoms with Gasteiger partial charge in [-0.1, -0.05) is 47.8 Å². The second-order valence-corrected chi connectivity index (χ2v) is 5.78. The molecule has 17 heavy (non-hydrogen) atoms. The molecule has 94 valence electrons. The molecule has 0 saturated heterocycles. The molecule has 0 amide bonds. The molecule has 0 fully saturated rings. The SMILES string of the molecule is C=C1CPC(CC#CCCCCC)=NC1CC. The Balaban J connectivity index is 2.33. The van der Waals surface area contributed by atoms with Gasteiger partial charge in [-0.3, -0.25) is 4.99 Å². The van der Waals surface area contributed by atoms with Crippen molar-refractivity contribution in [2.24, 2.45) is 4.99 Å². The fourth-order valence-corrected chi connectivity index (χ4v) is 2.97. The van der Waals surface area contributed by atoms with Gasteiger partial charge < -0.3 is 0 Å². The molecule has 2 atom stereocenters. The molecule has 0 N–H and O–H groups in total. The number of unbranched alkanes of at least 4 members (excludes halogenated alkanes) is 3. The third-order valence-electron chi connectivity index (χ3n) is 2.98. The van der Waals surface area contributed by atoms with E-state index in [1.165, 1.54) is 30.3 Å². The van der Waals surface area contributed by atoms with E-state index in [9.17, 15) is 0 Å². The van der Waals surface area contributed by atoms with Crippen molar-refractivity contribution in [3.05, 3.63) is 12.2 Å². The molecular formula is C15H24NP. The van der Waals surface area contributed by atoms with Gasteiger partial charge in [0.25, 0.3) is 0 Å². The van der Waals surface area contributed by atoms with Gasteiger partial charge in [0.05, 0.1) is 12.5 Å². The molecule has 0 aliphatic carbocycles. The highest BCUT2D eigenvalue weighted by molar-refractivity contribution is 7.58. The lowest BCUT2D eigenvalue weighted by atomic mass is 10.1. The number of hydrogen-bond acceptors (Lipinski definition) is 1. The van der Waals surface area contributed by atoms with E-state index in [-0.39, 0.29) is 0 Å². The second-order valence-electron chi connectivity index (χ2n) is 4.50. The standard InChI is InChI=1S/C15H24NP/c1-4-6-7-8-9-10-11-15-16-14(5-2)13(3)12-17-15/h14,17H,3-8,11-12H2,1-2H3. The van der Waals surface area contributed by atoms with E-state index in [2.05, 4.69) is 32.3 Å². The molecule has 1 heterocycles. The summed E-state index contributed by atoms with van der Waals surface area (Å²) in [5.41, 5.74) is 2.62. The first-order valence-corrected chi connectivity index (χ1v) is 7.92. The minimum absolute atomic E-state index is 0.369. The van der Waals surface area contributed by atoms with Gasteiger partial charge in [0.2, 0.25) is 0 Å². The third kappa shape index (κ3) is 5.51. The van der Waals surface area contributed by atoms with Crippen molar-refractivity contribution in [3.63, 3.8) is 0 Å². The largest absolute Gasteiger partial charge is 0.281 e. The number of hydrogen-bond donors (Lipinski definition) is 0. The quantitative estimate of drug-likeness (QED) is 0.297. The Hall–Kier alpha value is -0.600. The Kier molecular flexibility index (Phi) is 7.22. The summed E-state index contributed by atoms with van der Waals surface area (Å²) < 4.78 is 0. The highest BCUT2D eigenvalue weighted by Crippen LogP contribution is 2.29. The predicted octanol–water partition coefficient (Wildman–Crippen LogP) is 4.39. The highest BCUT2D eigenvalue weighted by atomic mass is 31.1. The molecule has 0 bridgehead atoms. The number of rotatable bonds is 5. The zero-order valence-corrected chi connectivity index (χ0v) is 12.2. The van der Waals surface area contributed by atoms with Crippen LogP contribution < -0.4 is 0 Å². The van der Waals surface area contributed by atoms with Crippen LogP contribution in [0, 0.1) is 11.8 Å². The van der Waals surface area contributed by atoms with Crippen LogP contribution in [0.5, 0.6) is 0 Å². The molecule has 1 rings (SSSR count). The minimum atomic E-state index is 0.369. The smallest absolute Gasteiger partial charge is 0.0711 e. The number of aliphatic imine (C=N–C) groups is 1. The lowest BCUT2D eigenvalue weighted by Gasteiger charge is -2.20. The Bertz CT molecular complexity index is 333. The van der Waals surface area contributed by atoms with Crippen LogP contribution in [0.4, 0.5) is 0 Å². The molecule has 0 spiro atoms. The van der Waals surface area contributed by atoms with E-state index in [0.717, 1.165) is 34.0 Å². The fourth-order valence-electron chi connectivity index (χ4n) is 1.84.